The fraction of sp³-hybridized carbons (Fsp3) is 0.348. The van der Waals surface area contributed by atoms with E-state index in [1.807, 2.05) is 31.2 Å². The third-order valence-electron chi connectivity index (χ3n) is 5.09. The zero-order valence-corrected chi connectivity index (χ0v) is 16.8. The van der Waals surface area contributed by atoms with E-state index in [9.17, 15) is 14.4 Å². The molecule has 152 valence electrons. The molecule has 1 atom stereocenters. The molecular weight excluding hydrogens is 368 g/mol. The summed E-state index contributed by atoms with van der Waals surface area (Å²) in [6.45, 7) is 4.18. The summed E-state index contributed by atoms with van der Waals surface area (Å²) in [5.41, 5.74) is 3.04. The first kappa shape index (κ1) is 20.6. The molecule has 0 saturated carbocycles. The standard InChI is InChI=1S/C23H26N2O4/c1-3-17-10-12-18(13-11-17)16(2)24-21(26)15-29-23(28)19-7-4-5-8-20(19)25-14-6-9-22(25)27/h4-5,7-8,10-13,16H,3,6,9,14-15H2,1-2H3,(H,24,26)/t16-/m0/s1. The largest absolute Gasteiger partial charge is 0.452 e. The lowest BCUT2D eigenvalue weighted by atomic mass is 10.1. The first-order chi connectivity index (χ1) is 14.0. The molecule has 0 spiro atoms. The van der Waals surface area contributed by atoms with E-state index in [0.29, 0.717) is 24.2 Å². The normalized spacial score (nSPS) is 14.6. The summed E-state index contributed by atoms with van der Waals surface area (Å²) in [5, 5.41) is 2.84. The smallest absolute Gasteiger partial charge is 0.340 e. The lowest BCUT2D eigenvalue weighted by Gasteiger charge is -2.19. The highest BCUT2D eigenvalue weighted by molar-refractivity contribution is 6.03. The number of anilines is 1. The molecule has 0 unspecified atom stereocenters. The van der Waals surface area contributed by atoms with Gasteiger partial charge in [0.1, 0.15) is 0 Å². The lowest BCUT2D eigenvalue weighted by Crippen LogP contribution is -2.31. The number of hydrogen-bond donors (Lipinski definition) is 1. The SMILES string of the molecule is CCc1ccc([C@H](C)NC(=O)COC(=O)c2ccccc2N2CCCC2=O)cc1. The monoisotopic (exact) mass is 394 g/mol. The maximum absolute atomic E-state index is 12.5. The van der Waals surface area contributed by atoms with E-state index in [2.05, 4.69) is 12.2 Å². The number of esters is 1. The fourth-order valence-corrected chi connectivity index (χ4v) is 3.40. The van der Waals surface area contributed by atoms with Crippen LogP contribution in [-0.2, 0) is 20.7 Å². The van der Waals surface area contributed by atoms with Crippen molar-refractivity contribution < 1.29 is 19.1 Å². The Kier molecular flexibility index (Phi) is 6.65. The second-order valence-electron chi connectivity index (χ2n) is 7.13. The maximum Gasteiger partial charge on any atom is 0.340 e. The molecule has 1 aliphatic heterocycles. The van der Waals surface area contributed by atoms with Crippen LogP contribution in [0.3, 0.4) is 0 Å². The predicted molar refractivity (Wildman–Crippen MR) is 111 cm³/mol. The third kappa shape index (κ3) is 5.02. The highest BCUT2D eigenvalue weighted by atomic mass is 16.5. The van der Waals surface area contributed by atoms with Crippen LogP contribution in [0.25, 0.3) is 0 Å². The van der Waals surface area contributed by atoms with E-state index in [0.717, 1.165) is 18.4 Å². The van der Waals surface area contributed by atoms with Gasteiger partial charge in [-0.15, -0.1) is 0 Å². The number of para-hydroxylation sites is 1. The number of amides is 2. The number of aryl methyl sites for hydroxylation is 1. The summed E-state index contributed by atoms with van der Waals surface area (Å²) in [6, 6.07) is 14.7. The van der Waals surface area contributed by atoms with Crippen LogP contribution in [-0.4, -0.2) is 30.9 Å². The van der Waals surface area contributed by atoms with Crippen molar-refractivity contribution in [3.8, 4) is 0 Å². The lowest BCUT2D eigenvalue weighted by molar-refractivity contribution is -0.125. The number of nitrogens with one attached hydrogen (secondary N) is 1. The van der Waals surface area contributed by atoms with Crippen LogP contribution < -0.4 is 10.2 Å². The number of rotatable bonds is 7. The van der Waals surface area contributed by atoms with Crippen molar-refractivity contribution in [1.29, 1.82) is 0 Å². The Morgan fingerprint density at radius 3 is 2.52 bits per heavy atom. The summed E-state index contributed by atoms with van der Waals surface area (Å²) in [6.07, 6.45) is 2.20. The van der Waals surface area contributed by atoms with Gasteiger partial charge in [-0.05, 0) is 43.0 Å². The zero-order valence-electron chi connectivity index (χ0n) is 16.8. The van der Waals surface area contributed by atoms with Crippen molar-refractivity contribution in [3.05, 3.63) is 65.2 Å². The Morgan fingerprint density at radius 2 is 1.86 bits per heavy atom. The van der Waals surface area contributed by atoms with Crippen molar-refractivity contribution in [2.45, 2.75) is 39.2 Å². The van der Waals surface area contributed by atoms with E-state index < -0.39 is 5.97 Å². The van der Waals surface area contributed by atoms with E-state index in [1.165, 1.54) is 5.56 Å². The highest BCUT2D eigenvalue weighted by Crippen LogP contribution is 2.26. The minimum absolute atomic E-state index is 0.00842. The highest BCUT2D eigenvalue weighted by Gasteiger charge is 2.26. The molecule has 2 aromatic carbocycles. The molecule has 0 aromatic heterocycles. The molecule has 6 heteroatoms. The molecule has 1 saturated heterocycles. The Hall–Kier alpha value is -3.15. The van der Waals surface area contributed by atoms with Crippen molar-refractivity contribution in [3.63, 3.8) is 0 Å². The van der Waals surface area contributed by atoms with E-state index >= 15 is 0 Å². The Labute approximate surface area is 170 Å². The van der Waals surface area contributed by atoms with Crippen LogP contribution in [0.15, 0.2) is 48.5 Å². The fourth-order valence-electron chi connectivity index (χ4n) is 3.40. The van der Waals surface area contributed by atoms with Gasteiger partial charge in [0.05, 0.1) is 17.3 Å². The molecular formula is C23H26N2O4. The predicted octanol–water partition coefficient (Wildman–Crippen LogP) is 3.41. The first-order valence-electron chi connectivity index (χ1n) is 9.94. The van der Waals surface area contributed by atoms with Crippen LogP contribution in [0.2, 0.25) is 0 Å². The molecule has 1 N–H and O–H groups in total. The van der Waals surface area contributed by atoms with Crippen LogP contribution in [0, 0.1) is 0 Å². The van der Waals surface area contributed by atoms with Gasteiger partial charge >= 0.3 is 5.97 Å². The average molecular weight is 394 g/mol. The molecule has 1 aliphatic rings. The molecule has 1 heterocycles. The van der Waals surface area contributed by atoms with Gasteiger partial charge in [-0.3, -0.25) is 9.59 Å². The van der Waals surface area contributed by atoms with Crippen LogP contribution in [0.4, 0.5) is 5.69 Å². The third-order valence-corrected chi connectivity index (χ3v) is 5.09. The number of ether oxygens (including phenoxy) is 1. The Bertz CT molecular complexity index is 892. The minimum Gasteiger partial charge on any atom is -0.452 e. The number of benzene rings is 2. The summed E-state index contributed by atoms with van der Waals surface area (Å²) >= 11 is 0. The molecule has 0 radical (unpaired) electrons. The van der Waals surface area contributed by atoms with Gasteiger partial charge < -0.3 is 15.0 Å². The average Bonchev–Trinajstić information content (AvgIpc) is 3.17. The molecule has 0 bridgehead atoms. The molecule has 2 aromatic rings. The van der Waals surface area contributed by atoms with Gasteiger partial charge in [-0.1, -0.05) is 43.3 Å². The molecule has 0 aliphatic carbocycles. The van der Waals surface area contributed by atoms with Gasteiger partial charge in [0.15, 0.2) is 6.61 Å². The van der Waals surface area contributed by atoms with E-state index in [4.69, 9.17) is 4.74 Å². The Morgan fingerprint density at radius 1 is 1.14 bits per heavy atom. The van der Waals surface area contributed by atoms with E-state index in [1.54, 1.807) is 29.2 Å². The van der Waals surface area contributed by atoms with Gasteiger partial charge in [0.25, 0.3) is 5.91 Å². The Balaban J connectivity index is 1.57. The summed E-state index contributed by atoms with van der Waals surface area (Å²) < 4.78 is 5.21. The van der Waals surface area contributed by atoms with Crippen molar-refractivity contribution in [1.82, 2.24) is 5.32 Å². The van der Waals surface area contributed by atoms with Crippen molar-refractivity contribution >= 4 is 23.5 Å². The molecule has 2 amide bonds. The first-order valence-corrected chi connectivity index (χ1v) is 9.94. The van der Waals surface area contributed by atoms with Crippen molar-refractivity contribution in [2.75, 3.05) is 18.1 Å². The van der Waals surface area contributed by atoms with Crippen LogP contribution in [0.1, 0.15) is 54.2 Å². The number of carbonyl (C=O) groups is 3. The molecule has 3 rings (SSSR count). The van der Waals surface area contributed by atoms with Gasteiger partial charge in [0, 0.05) is 13.0 Å². The topological polar surface area (TPSA) is 75.7 Å². The molecule has 6 nitrogen and oxygen atoms in total. The van der Waals surface area contributed by atoms with Crippen LogP contribution in [0.5, 0.6) is 0 Å². The quantitative estimate of drug-likeness (QED) is 0.730. The van der Waals surface area contributed by atoms with Gasteiger partial charge in [-0.25, -0.2) is 4.79 Å². The second kappa shape index (κ2) is 9.37. The maximum atomic E-state index is 12.5. The van der Waals surface area contributed by atoms with Crippen molar-refractivity contribution in [2.24, 2.45) is 0 Å². The van der Waals surface area contributed by atoms with Gasteiger partial charge in [-0.2, -0.15) is 0 Å². The van der Waals surface area contributed by atoms with Crippen LogP contribution >= 0.6 is 0 Å². The second-order valence-corrected chi connectivity index (χ2v) is 7.13. The van der Waals surface area contributed by atoms with Gasteiger partial charge in [0.2, 0.25) is 5.91 Å². The molecule has 29 heavy (non-hydrogen) atoms. The zero-order chi connectivity index (χ0) is 20.8. The number of nitrogens with zero attached hydrogens (tertiary/aromatic N) is 1. The number of hydrogen-bond acceptors (Lipinski definition) is 4. The summed E-state index contributed by atoms with van der Waals surface area (Å²) in [5.74, 6) is -0.999. The minimum atomic E-state index is -0.615. The van der Waals surface area contributed by atoms with E-state index in [-0.39, 0.29) is 24.5 Å². The summed E-state index contributed by atoms with van der Waals surface area (Å²) in [4.78, 5) is 38.4. The summed E-state index contributed by atoms with van der Waals surface area (Å²) in [7, 11) is 0. The number of carbonyl (C=O) groups excluding carboxylic acids is 3. The molecule has 1 fully saturated rings.